The number of carbonyl (C=O) groups is 1. The fourth-order valence-electron chi connectivity index (χ4n) is 2.30. The Labute approximate surface area is 126 Å². The maximum Gasteiger partial charge on any atom is 0.341 e. The first-order valence-electron chi connectivity index (χ1n) is 6.72. The van der Waals surface area contributed by atoms with E-state index in [9.17, 15) is 9.59 Å². The molecule has 3 rings (SSSR count). The molecule has 0 aliphatic carbocycles. The molecule has 0 aliphatic rings. The van der Waals surface area contributed by atoms with Crippen molar-refractivity contribution in [2.24, 2.45) is 0 Å². The summed E-state index contributed by atoms with van der Waals surface area (Å²) in [6.45, 7) is 0.171. The van der Waals surface area contributed by atoms with Crippen molar-refractivity contribution in [2.75, 3.05) is 0 Å². The van der Waals surface area contributed by atoms with E-state index in [1.165, 1.54) is 18.3 Å². The number of pyridine rings is 1. The molecule has 0 saturated heterocycles. The largest absolute Gasteiger partial charge is 0.477 e. The Bertz CT molecular complexity index is 893. The van der Waals surface area contributed by atoms with Gasteiger partial charge in [0, 0.05) is 6.20 Å². The van der Waals surface area contributed by atoms with E-state index in [0.29, 0.717) is 0 Å². The Morgan fingerprint density at radius 2 is 1.82 bits per heavy atom. The van der Waals surface area contributed by atoms with Gasteiger partial charge in [0.15, 0.2) is 0 Å². The van der Waals surface area contributed by atoms with Crippen LogP contribution in [0.4, 0.5) is 0 Å². The molecular formula is C17H13NO4. The van der Waals surface area contributed by atoms with Gasteiger partial charge in [0.2, 0.25) is 0 Å². The fourth-order valence-corrected chi connectivity index (χ4v) is 2.30. The summed E-state index contributed by atoms with van der Waals surface area (Å²) in [6.07, 6.45) is 1.40. The summed E-state index contributed by atoms with van der Waals surface area (Å²) in [4.78, 5) is 28.4. The zero-order valence-corrected chi connectivity index (χ0v) is 11.6. The third-order valence-electron chi connectivity index (χ3n) is 3.38. The second kappa shape index (κ2) is 5.73. The molecule has 0 fully saturated rings. The monoisotopic (exact) mass is 295 g/mol. The highest BCUT2D eigenvalue weighted by Crippen LogP contribution is 2.18. The van der Waals surface area contributed by atoms with E-state index in [2.05, 4.69) is 0 Å². The standard InChI is InChI=1S/C17H13NO4/c19-16-15(17(20)21)9-4-10-18(16)22-11-13-7-3-6-12-5-1-2-8-14(12)13/h1-10H,11H2,(H,20,21). The Morgan fingerprint density at radius 1 is 1.05 bits per heavy atom. The minimum atomic E-state index is -1.27. The first-order valence-corrected chi connectivity index (χ1v) is 6.72. The molecule has 5 heteroatoms. The maximum absolute atomic E-state index is 12.0. The van der Waals surface area contributed by atoms with Crippen LogP contribution in [0.25, 0.3) is 10.8 Å². The van der Waals surface area contributed by atoms with Crippen LogP contribution in [0, 0.1) is 0 Å². The highest BCUT2D eigenvalue weighted by atomic mass is 16.7. The molecule has 5 nitrogen and oxygen atoms in total. The number of aromatic carboxylic acids is 1. The van der Waals surface area contributed by atoms with Crippen molar-refractivity contribution in [1.29, 1.82) is 0 Å². The molecule has 0 amide bonds. The van der Waals surface area contributed by atoms with Gasteiger partial charge in [-0.1, -0.05) is 42.5 Å². The summed E-state index contributed by atoms with van der Waals surface area (Å²) in [6, 6.07) is 16.4. The van der Waals surface area contributed by atoms with Gasteiger partial charge in [-0.3, -0.25) is 4.79 Å². The first-order chi connectivity index (χ1) is 10.7. The topological polar surface area (TPSA) is 68.5 Å². The Kier molecular flexibility index (Phi) is 3.62. The van der Waals surface area contributed by atoms with E-state index in [-0.39, 0.29) is 12.2 Å². The van der Waals surface area contributed by atoms with Gasteiger partial charge in [0.25, 0.3) is 5.56 Å². The molecule has 2 aromatic carbocycles. The summed E-state index contributed by atoms with van der Waals surface area (Å²) < 4.78 is 0.950. The van der Waals surface area contributed by atoms with E-state index in [4.69, 9.17) is 9.94 Å². The van der Waals surface area contributed by atoms with E-state index in [1.54, 1.807) is 0 Å². The van der Waals surface area contributed by atoms with E-state index in [0.717, 1.165) is 21.1 Å². The molecule has 0 bridgehead atoms. The summed E-state index contributed by atoms with van der Waals surface area (Å²) in [5.74, 6) is -1.27. The summed E-state index contributed by atoms with van der Waals surface area (Å²) in [5, 5.41) is 11.1. The normalized spacial score (nSPS) is 10.5. The van der Waals surface area contributed by atoms with Gasteiger partial charge in [0.1, 0.15) is 12.2 Å². The van der Waals surface area contributed by atoms with Gasteiger partial charge in [-0.15, -0.1) is 0 Å². The highest BCUT2D eigenvalue weighted by molar-refractivity contribution is 5.87. The van der Waals surface area contributed by atoms with Gasteiger partial charge < -0.3 is 9.94 Å². The molecule has 0 spiro atoms. The van der Waals surface area contributed by atoms with E-state index >= 15 is 0 Å². The van der Waals surface area contributed by atoms with Crippen LogP contribution in [0.15, 0.2) is 65.6 Å². The number of hydrogen-bond acceptors (Lipinski definition) is 3. The lowest BCUT2D eigenvalue weighted by molar-refractivity contribution is 0.0668. The van der Waals surface area contributed by atoms with Crippen LogP contribution >= 0.6 is 0 Å². The lowest BCUT2D eigenvalue weighted by atomic mass is 10.1. The fraction of sp³-hybridized carbons (Fsp3) is 0.0588. The van der Waals surface area contributed by atoms with Crippen LogP contribution in [0.5, 0.6) is 0 Å². The number of rotatable bonds is 4. The van der Waals surface area contributed by atoms with Crippen molar-refractivity contribution in [2.45, 2.75) is 6.61 Å². The lowest BCUT2D eigenvalue weighted by Crippen LogP contribution is -2.30. The van der Waals surface area contributed by atoms with Gasteiger partial charge in [-0.05, 0) is 28.5 Å². The van der Waals surface area contributed by atoms with Gasteiger partial charge in [-0.25, -0.2) is 4.79 Å². The predicted octanol–water partition coefficient (Wildman–Crippen LogP) is 2.33. The molecule has 1 heterocycles. The van der Waals surface area contributed by atoms with Gasteiger partial charge in [-0.2, -0.15) is 4.73 Å². The maximum atomic E-state index is 12.0. The summed E-state index contributed by atoms with van der Waals surface area (Å²) in [7, 11) is 0. The molecule has 1 N–H and O–H groups in total. The third kappa shape index (κ3) is 2.56. The van der Waals surface area contributed by atoms with Crippen molar-refractivity contribution in [3.8, 4) is 0 Å². The summed E-state index contributed by atoms with van der Waals surface area (Å²) >= 11 is 0. The quantitative estimate of drug-likeness (QED) is 0.802. The van der Waals surface area contributed by atoms with E-state index < -0.39 is 11.5 Å². The number of fused-ring (bicyclic) bond motifs is 1. The van der Waals surface area contributed by atoms with Gasteiger partial charge in [0.05, 0.1) is 0 Å². The zero-order chi connectivity index (χ0) is 15.5. The molecule has 22 heavy (non-hydrogen) atoms. The first kappa shape index (κ1) is 13.9. The smallest absolute Gasteiger partial charge is 0.341 e. The van der Waals surface area contributed by atoms with Crippen LogP contribution < -0.4 is 10.4 Å². The SMILES string of the molecule is O=C(O)c1cccn(OCc2cccc3ccccc23)c1=O. The number of carboxylic acid groups (broad SMARTS) is 1. The molecule has 3 aromatic rings. The average Bonchev–Trinajstić information content (AvgIpc) is 2.53. The van der Waals surface area contributed by atoms with E-state index in [1.807, 2.05) is 42.5 Å². The average molecular weight is 295 g/mol. The van der Waals surface area contributed by atoms with Crippen LogP contribution in [-0.2, 0) is 6.61 Å². The van der Waals surface area contributed by atoms with Crippen molar-refractivity contribution in [3.05, 3.63) is 82.3 Å². The van der Waals surface area contributed by atoms with Gasteiger partial charge >= 0.3 is 5.97 Å². The predicted molar refractivity (Wildman–Crippen MR) is 81.9 cm³/mol. The number of aromatic nitrogens is 1. The molecule has 0 radical (unpaired) electrons. The number of carboxylic acids is 1. The third-order valence-corrected chi connectivity index (χ3v) is 3.38. The Hall–Kier alpha value is -3.08. The lowest BCUT2D eigenvalue weighted by Gasteiger charge is -2.10. The van der Waals surface area contributed by atoms with Crippen molar-refractivity contribution < 1.29 is 14.7 Å². The molecule has 110 valence electrons. The Balaban J connectivity index is 1.91. The minimum absolute atomic E-state index is 0.171. The zero-order valence-electron chi connectivity index (χ0n) is 11.6. The molecule has 0 aliphatic heterocycles. The van der Waals surface area contributed by atoms with Crippen LogP contribution in [0.2, 0.25) is 0 Å². The number of nitrogens with zero attached hydrogens (tertiary/aromatic N) is 1. The number of hydrogen-bond donors (Lipinski definition) is 1. The summed E-state index contributed by atoms with van der Waals surface area (Å²) in [5.41, 5.74) is -0.0821. The molecular weight excluding hydrogens is 282 g/mol. The van der Waals surface area contributed by atoms with Crippen molar-refractivity contribution in [1.82, 2.24) is 4.73 Å². The molecule has 1 aromatic heterocycles. The minimum Gasteiger partial charge on any atom is -0.477 e. The van der Waals surface area contributed by atoms with Crippen LogP contribution in [0.3, 0.4) is 0 Å². The van der Waals surface area contributed by atoms with Crippen LogP contribution in [-0.4, -0.2) is 15.8 Å². The highest BCUT2D eigenvalue weighted by Gasteiger charge is 2.11. The van der Waals surface area contributed by atoms with Crippen molar-refractivity contribution >= 4 is 16.7 Å². The van der Waals surface area contributed by atoms with Crippen molar-refractivity contribution in [3.63, 3.8) is 0 Å². The number of benzene rings is 2. The molecule has 0 unspecified atom stereocenters. The Morgan fingerprint density at radius 3 is 2.64 bits per heavy atom. The second-order valence-electron chi connectivity index (χ2n) is 4.77. The van der Waals surface area contributed by atoms with Crippen LogP contribution in [0.1, 0.15) is 15.9 Å². The second-order valence-corrected chi connectivity index (χ2v) is 4.77. The molecule has 0 atom stereocenters. The molecule has 0 saturated carbocycles.